The molecule has 0 unspecified atom stereocenters. The molecule has 64 valence electrons. The van der Waals surface area contributed by atoms with E-state index in [-0.39, 0.29) is 5.91 Å². The van der Waals surface area contributed by atoms with Crippen LogP contribution in [0.25, 0.3) is 0 Å². The number of primary amides is 1. The second-order valence-corrected chi connectivity index (χ2v) is 2.93. The number of hydrogen-bond donors (Lipinski definition) is 2. The third kappa shape index (κ3) is 5.72. The lowest BCUT2D eigenvalue weighted by Gasteiger charge is -2.01. The molecule has 0 aliphatic rings. The summed E-state index contributed by atoms with van der Waals surface area (Å²) >= 11 is 1.49. The molecule has 0 aromatic carbocycles. The normalized spacial score (nSPS) is 11.3. The summed E-state index contributed by atoms with van der Waals surface area (Å²) in [4.78, 5) is 14.2. The van der Waals surface area contributed by atoms with E-state index in [0.717, 1.165) is 5.17 Å². The fourth-order valence-electron chi connectivity index (χ4n) is 0.497. The van der Waals surface area contributed by atoms with Gasteiger partial charge in [-0.15, -0.1) is 0 Å². The molecular weight excluding hydrogens is 162 g/mol. The highest BCUT2D eigenvalue weighted by atomic mass is 32.2. The maximum absolute atomic E-state index is 10.3. The molecule has 11 heavy (non-hydrogen) atoms. The van der Waals surface area contributed by atoms with E-state index in [1.165, 1.54) is 11.8 Å². The molecule has 0 spiro atoms. The van der Waals surface area contributed by atoms with Crippen LogP contribution < -0.4 is 11.1 Å². The minimum absolute atomic E-state index is 0.274. The second-order valence-electron chi connectivity index (χ2n) is 1.84. The summed E-state index contributed by atoms with van der Waals surface area (Å²) in [6.07, 6.45) is 0.394. The molecule has 0 aromatic heterocycles. The number of rotatable bonds is 3. The molecule has 0 saturated heterocycles. The van der Waals surface area contributed by atoms with E-state index in [9.17, 15) is 4.79 Å². The standard InChI is InChI=1S/C6H13N3OS/c1-8-6(9-2)11-4-3-5(7)10/h3-4H2,1-2H3,(H2,7,10)(H,8,9). The predicted molar refractivity (Wildman–Crippen MR) is 48.7 cm³/mol. The molecule has 0 aliphatic carbocycles. The van der Waals surface area contributed by atoms with Crippen molar-refractivity contribution in [2.45, 2.75) is 6.42 Å². The van der Waals surface area contributed by atoms with Crippen molar-refractivity contribution in [3.8, 4) is 0 Å². The topological polar surface area (TPSA) is 67.5 Å². The first-order valence-electron chi connectivity index (χ1n) is 3.26. The smallest absolute Gasteiger partial charge is 0.218 e. The number of nitrogens with zero attached hydrogens (tertiary/aromatic N) is 1. The van der Waals surface area contributed by atoms with Gasteiger partial charge in [-0.2, -0.15) is 0 Å². The Bertz CT molecular complexity index is 158. The van der Waals surface area contributed by atoms with Crippen molar-refractivity contribution in [3.05, 3.63) is 0 Å². The Morgan fingerprint density at radius 2 is 2.36 bits per heavy atom. The summed E-state index contributed by atoms with van der Waals surface area (Å²) in [5, 5.41) is 3.71. The third-order valence-corrected chi connectivity index (χ3v) is 2.07. The van der Waals surface area contributed by atoms with Crippen molar-refractivity contribution in [3.63, 3.8) is 0 Å². The molecule has 0 aromatic rings. The fourth-order valence-corrected chi connectivity index (χ4v) is 1.27. The van der Waals surface area contributed by atoms with E-state index in [2.05, 4.69) is 10.3 Å². The van der Waals surface area contributed by atoms with Crippen molar-refractivity contribution in [1.82, 2.24) is 5.32 Å². The quantitative estimate of drug-likeness (QED) is 0.461. The van der Waals surface area contributed by atoms with Crippen molar-refractivity contribution in [1.29, 1.82) is 0 Å². The summed E-state index contributed by atoms with van der Waals surface area (Å²) in [7, 11) is 3.49. The Kier molecular flexibility index (Phi) is 5.64. The van der Waals surface area contributed by atoms with E-state index in [4.69, 9.17) is 5.73 Å². The average molecular weight is 175 g/mol. The lowest BCUT2D eigenvalue weighted by atomic mass is 10.5. The van der Waals surface area contributed by atoms with Crippen LogP contribution in [0.5, 0.6) is 0 Å². The summed E-state index contributed by atoms with van der Waals surface area (Å²) in [6.45, 7) is 0. The van der Waals surface area contributed by atoms with Gasteiger partial charge in [0.1, 0.15) is 0 Å². The molecule has 0 atom stereocenters. The maximum atomic E-state index is 10.3. The van der Waals surface area contributed by atoms with E-state index < -0.39 is 0 Å². The van der Waals surface area contributed by atoms with Crippen LogP contribution in [0.3, 0.4) is 0 Å². The van der Waals surface area contributed by atoms with Crippen LogP contribution in [0.4, 0.5) is 0 Å². The number of amides is 1. The molecule has 0 bridgehead atoms. The summed E-state index contributed by atoms with van der Waals surface area (Å²) in [5.74, 6) is 0.409. The molecular formula is C6H13N3OS. The zero-order valence-corrected chi connectivity index (χ0v) is 7.57. The lowest BCUT2D eigenvalue weighted by Crippen LogP contribution is -2.17. The first kappa shape index (κ1) is 10.3. The molecule has 5 heteroatoms. The first-order valence-corrected chi connectivity index (χ1v) is 4.25. The van der Waals surface area contributed by atoms with Gasteiger partial charge in [0.15, 0.2) is 5.17 Å². The lowest BCUT2D eigenvalue weighted by molar-refractivity contribution is -0.117. The van der Waals surface area contributed by atoms with Crippen molar-refractivity contribution >= 4 is 22.8 Å². The van der Waals surface area contributed by atoms with Gasteiger partial charge in [-0.3, -0.25) is 9.79 Å². The van der Waals surface area contributed by atoms with Crippen LogP contribution >= 0.6 is 11.8 Å². The van der Waals surface area contributed by atoms with Crippen LogP contribution in [-0.4, -0.2) is 30.9 Å². The fraction of sp³-hybridized carbons (Fsp3) is 0.667. The van der Waals surface area contributed by atoms with Crippen LogP contribution in [0, 0.1) is 0 Å². The highest BCUT2D eigenvalue weighted by Crippen LogP contribution is 2.02. The van der Waals surface area contributed by atoms with E-state index in [1.807, 2.05) is 0 Å². The van der Waals surface area contributed by atoms with Crippen LogP contribution in [-0.2, 0) is 4.79 Å². The average Bonchev–Trinajstić information content (AvgIpc) is 1.98. The number of amidine groups is 1. The number of hydrogen-bond acceptors (Lipinski definition) is 3. The molecule has 0 saturated carbocycles. The van der Waals surface area contributed by atoms with Gasteiger partial charge in [0, 0.05) is 26.3 Å². The van der Waals surface area contributed by atoms with Crippen LogP contribution in [0.2, 0.25) is 0 Å². The van der Waals surface area contributed by atoms with E-state index in [1.54, 1.807) is 14.1 Å². The Labute approximate surface area is 70.6 Å². The first-order chi connectivity index (χ1) is 5.20. The number of thioether (sulfide) groups is 1. The molecule has 1 amide bonds. The highest BCUT2D eigenvalue weighted by molar-refractivity contribution is 8.13. The van der Waals surface area contributed by atoms with Gasteiger partial charge in [0.2, 0.25) is 5.91 Å². The van der Waals surface area contributed by atoms with Crippen molar-refractivity contribution in [2.24, 2.45) is 10.7 Å². The predicted octanol–water partition coefficient (Wildman–Crippen LogP) is -0.200. The molecule has 0 aliphatic heterocycles. The number of aliphatic imine (C=N–C) groups is 1. The Morgan fingerprint density at radius 1 is 1.73 bits per heavy atom. The molecule has 0 fully saturated rings. The molecule has 3 N–H and O–H groups in total. The van der Waals surface area contributed by atoms with Crippen molar-refractivity contribution < 1.29 is 4.79 Å². The Hall–Kier alpha value is -0.710. The van der Waals surface area contributed by atoms with Crippen LogP contribution in [0.1, 0.15) is 6.42 Å². The van der Waals surface area contributed by atoms with Gasteiger partial charge in [0.05, 0.1) is 0 Å². The van der Waals surface area contributed by atoms with Gasteiger partial charge in [-0.1, -0.05) is 11.8 Å². The monoisotopic (exact) mass is 175 g/mol. The zero-order chi connectivity index (χ0) is 8.69. The number of nitrogens with two attached hydrogens (primary N) is 1. The molecule has 0 heterocycles. The second kappa shape index (κ2) is 6.03. The summed E-state index contributed by atoms with van der Waals surface area (Å²) in [5.41, 5.74) is 4.95. The van der Waals surface area contributed by atoms with Gasteiger partial charge >= 0.3 is 0 Å². The Balaban J connectivity index is 3.45. The SMILES string of the molecule is CN=C(NC)SCCC(N)=O. The number of carbonyl (C=O) groups excluding carboxylic acids is 1. The highest BCUT2D eigenvalue weighted by Gasteiger charge is 1.97. The number of carbonyl (C=O) groups is 1. The minimum atomic E-state index is -0.274. The van der Waals surface area contributed by atoms with Gasteiger partial charge in [-0.05, 0) is 0 Å². The van der Waals surface area contributed by atoms with E-state index in [0.29, 0.717) is 12.2 Å². The third-order valence-electron chi connectivity index (χ3n) is 1.00. The van der Waals surface area contributed by atoms with Gasteiger partial charge < -0.3 is 11.1 Å². The minimum Gasteiger partial charge on any atom is -0.370 e. The Morgan fingerprint density at radius 3 is 2.73 bits per heavy atom. The van der Waals surface area contributed by atoms with Crippen molar-refractivity contribution in [2.75, 3.05) is 19.8 Å². The molecule has 0 radical (unpaired) electrons. The molecule has 0 rings (SSSR count). The zero-order valence-electron chi connectivity index (χ0n) is 6.76. The summed E-state index contributed by atoms with van der Waals surface area (Å²) in [6, 6.07) is 0. The number of nitrogens with one attached hydrogen (secondary N) is 1. The molecule has 4 nitrogen and oxygen atoms in total. The van der Waals surface area contributed by atoms with Crippen LogP contribution in [0.15, 0.2) is 4.99 Å². The summed E-state index contributed by atoms with van der Waals surface area (Å²) < 4.78 is 0. The van der Waals surface area contributed by atoms with E-state index >= 15 is 0 Å². The largest absolute Gasteiger partial charge is 0.370 e. The van der Waals surface area contributed by atoms with Gasteiger partial charge in [-0.25, -0.2) is 0 Å². The van der Waals surface area contributed by atoms with Gasteiger partial charge in [0.25, 0.3) is 0 Å². The maximum Gasteiger partial charge on any atom is 0.218 e.